The normalized spacial score (nSPS) is 12.4. The van der Waals surface area contributed by atoms with Crippen LogP contribution in [-0.4, -0.2) is 37.2 Å². The summed E-state index contributed by atoms with van der Waals surface area (Å²) < 4.78 is 16.9. The lowest BCUT2D eigenvalue weighted by Crippen LogP contribution is -2.30. The smallest absolute Gasteiger partial charge is 0.306 e. The molecule has 0 aliphatic rings. The van der Waals surface area contributed by atoms with Crippen LogP contribution in [0.2, 0.25) is 0 Å². The first-order valence-electron chi connectivity index (χ1n) is 32.3. The first-order chi connectivity index (χ1) is 36.5. The van der Waals surface area contributed by atoms with Crippen molar-refractivity contribution in [1.82, 2.24) is 0 Å². The van der Waals surface area contributed by atoms with Crippen LogP contribution < -0.4 is 0 Å². The zero-order chi connectivity index (χ0) is 53.6. The van der Waals surface area contributed by atoms with Gasteiger partial charge in [0.25, 0.3) is 0 Å². The molecule has 0 amide bonds. The molecule has 0 radical (unpaired) electrons. The average molecular weight is 1040 g/mol. The molecule has 0 heterocycles. The summed E-state index contributed by atoms with van der Waals surface area (Å²) in [6.07, 6.45) is 79.4. The Hall–Kier alpha value is -2.89. The fourth-order valence-electron chi connectivity index (χ4n) is 9.43. The van der Waals surface area contributed by atoms with Crippen molar-refractivity contribution in [2.45, 2.75) is 341 Å². The number of esters is 3. The minimum absolute atomic E-state index is 0.0757. The molecule has 0 aromatic rings. The van der Waals surface area contributed by atoms with Gasteiger partial charge in [-0.15, -0.1) is 0 Å². The molecular formula is C68H122O6. The number of carbonyl (C=O) groups excluding carboxylic acids is 3. The van der Waals surface area contributed by atoms with E-state index in [1.807, 2.05) is 0 Å². The Kier molecular flexibility index (Phi) is 60.2. The van der Waals surface area contributed by atoms with Gasteiger partial charge < -0.3 is 14.2 Å². The quantitative estimate of drug-likeness (QED) is 0.0261. The van der Waals surface area contributed by atoms with Crippen molar-refractivity contribution in [3.8, 4) is 0 Å². The van der Waals surface area contributed by atoms with Crippen LogP contribution in [-0.2, 0) is 28.6 Å². The SMILES string of the molecule is CC/C=C\C/C=C\C/C=C\C/C=C\CCCCCCCCCCCCC(=O)OCC(COC(=O)CCCCCCC/C=C\CCCCCC)OC(=O)CCCCCCCCCCCCCCCCCCCCCC. The Morgan fingerprint density at radius 3 is 0.851 bits per heavy atom. The predicted octanol–water partition coefficient (Wildman–Crippen LogP) is 21.9. The van der Waals surface area contributed by atoms with Crippen LogP contribution in [0.4, 0.5) is 0 Å². The number of ether oxygens (including phenoxy) is 3. The van der Waals surface area contributed by atoms with E-state index < -0.39 is 6.10 Å². The van der Waals surface area contributed by atoms with Crippen LogP contribution in [0.5, 0.6) is 0 Å². The van der Waals surface area contributed by atoms with Gasteiger partial charge in [0.1, 0.15) is 13.2 Å². The van der Waals surface area contributed by atoms with E-state index in [1.54, 1.807) is 0 Å². The molecule has 0 N–H and O–H groups in total. The lowest BCUT2D eigenvalue weighted by atomic mass is 10.0. The van der Waals surface area contributed by atoms with Gasteiger partial charge in [-0.25, -0.2) is 0 Å². The number of hydrogen-bond acceptors (Lipinski definition) is 6. The summed E-state index contributed by atoms with van der Waals surface area (Å²) in [4.78, 5) is 38.3. The molecule has 0 saturated heterocycles. The van der Waals surface area contributed by atoms with Crippen molar-refractivity contribution in [3.63, 3.8) is 0 Å². The van der Waals surface area contributed by atoms with Gasteiger partial charge in [-0.1, -0.05) is 293 Å². The Balaban J connectivity index is 4.30. The minimum atomic E-state index is -0.778. The predicted molar refractivity (Wildman–Crippen MR) is 321 cm³/mol. The maximum atomic E-state index is 12.9. The number of rotatable bonds is 59. The maximum absolute atomic E-state index is 12.9. The molecule has 0 fully saturated rings. The monoisotopic (exact) mass is 1030 g/mol. The lowest BCUT2D eigenvalue weighted by Gasteiger charge is -2.18. The molecule has 0 rings (SSSR count). The van der Waals surface area contributed by atoms with E-state index in [9.17, 15) is 14.4 Å². The molecule has 6 nitrogen and oxygen atoms in total. The van der Waals surface area contributed by atoms with Gasteiger partial charge in [-0.2, -0.15) is 0 Å². The van der Waals surface area contributed by atoms with Gasteiger partial charge in [0.15, 0.2) is 6.10 Å². The van der Waals surface area contributed by atoms with Crippen LogP contribution in [0.1, 0.15) is 335 Å². The second-order valence-corrected chi connectivity index (χ2v) is 21.6. The van der Waals surface area contributed by atoms with Gasteiger partial charge in [0.05, 0.1) is 0 Å². The molecule has 1 atom stereocenters. The van der Waals surface area contributed by atoms with E-state index in [0.717, 1.165) is 89.9 Å². The highest BCUT2D eigenvalue weighted by molar-refractivity contribution is 5.71. The largest absolute Gasteiger partial charge is 0.462 e. The molecular weight excluding hydrogens is 913 g/mol. The lowest BCUT2D eigenvalue weighted by molar-refractivity contribution is -0.167. The zero-order valence-electron chi connectivity index (χ0n) is 49.4. The van der Waals surface area contributed by atoms with E-state index in [2.05, 4.69) is 81.5 Å². The molecule has 6 heteroatoms. The summed E-state index contributed by atoms with van der Waals surface area (Å²) in [6, 6.07) is 0. The van der Waals surface area contributed by atoms with E-state index in [-0.39, 0.29) is 31.1 Å². The number of hydrogen-bond donors (Lipinski definition) is 0. The van der Waals surface area contributed by atoms with E-state index in [1.165, 1.54) is 205 Å². The maximum Gasteiger partial charge on any atom is 0.306 e. The van der Waals surface area contributed by atoms with E-state index in [4.69, 9.17) is 14.2 Å². The van der Waals surface area contributed by atoms with Crippen LogP contribution in [0, 0.1) is 0 Å². The topological polar surface area (TPSA) is 78.9 Å². The summed E-state index contributed by atoms with van der Waals surface area (Å²) in [5.74, 6) is -0.868. The van der Waals surface area contributed by atoms with E-state index in [0.29, 0.717) is 19.3 Å². The first-order valence-corrected chi connectivity index (χ1v) is 32.3. The third-order valence-corrected chi connectivity index (χ3v) is 14.3. The van der Waals surface area contributed by atoms with Crippen molar-refractivity contribution >= 4 is 17.9 Å². The van der Waals surface area contributed by atoms with Gasteiger partial charge in [-0.05, 0) is 83.5 Å². The third-order valence-electron chi connectivity index (χ3n) is 14.3. The van der Waals surface area contributed by atoms with Crippen molar-refractivity contribution in [1.29, 1.82) is 0 Å². The highest BCUT2D eigenvalue weighted by Gasteiger charge is 2.19. The molecule has 430 valence electrons. The van der Waals surface area contributed by atoms with Crippen LogP contribution in [0.25, 0.3) is 0 Å². The molecule has 0 saturated carbocycles. The summed E-state index contributed by atoms with van der Waals surface area (Å²) >= 11 is 0. The molecule has 0 bridgehead atoms. The first kappa shape index (κ1) is 71.1. The van der Waals surface area contributed by atoms with Crippen LogP contribution >= 0.6 is 0 Å². The van der Waals surface area contributed by atoms with Gasteiger partial charge in [0.2, 0.25) is 0 Å². The molecule has 74 heavy (non-hydrogen) atoms. The average Bonchev–Trinajstić information content (AvgIpc) is 3.40. The fourth-order valence-corrected chi connectivity index (χ4v) is 9.43. The fraction of sp³-hybridized carbons (Fsp3) is 0.809. The van der Waals surface area contributed by atoms with Gasteiger partial charge in [0, 0.05) is 19.3 Å². The molecule has 1 unspecified atom stereocenters. The Morgan fingerprint density at radius 1 is 0.284 bits per heavy atom. The highest BCUT2D eigenvalue weighted by Crippen LogP contribution is 2.17. The summed E-state index contributed by atoms with van der Waals surface area (Å²) in [5, 5.41) is 0. The third kappa shape index (κ3) is 60.0. The second kappa shape index (κ2) is 62.6. The van der Waals surface area contributed by atoms with Crippen molar-refractivity contribution in [3.05, 3.63) is 60.8 Å². The summed E-state index contributed by atoms with van der Waals surface area (Å²) in [5.41, 5.74) is 0. The number of carbonyl (C=O) groups is 3. The van der Waals surface area contributed by atoms with Crippen LogP contribution in [0.3, 0.4) is 0 Å². The summed E-state index contributed by atoms with van der Waals surface area (Å²) in [6.45, 7) is 6.55. The molecule has 0 aliphatic heterocycles. The summed E-state index contributed by atoms with van der Waals surface area (Å²) in [7, 11) is 0. The highest BCUT2D eigenvalue weighted by atomic mass is 16.6. The van der Waals surface area contributed by atoms with E-state index >= 15 is 0 Å². The Bertz CT molecular complexity index is 1330. The van der Waals surface area contributed by atoms with Crippen molar-refractivity contribution in [2.75, 3.05) is 13.2 Å². The van der Waals surface area contributed by atoms with Gasteiger partial charge >= 0.3 is 17.9 Å². The van der Waals surface area contributed by atoms with Crippen LogP contribution in [0.15, 0.2) is 60.8 Å². The van der Waals surface area contributed by atoms with Gasteiger partial charge in [-0.3, -0.25) is 14.4 Å². The zero-order valence-corrected chi connectivity index (χ0v) is 49.4. The van der Waals surface area contributed by atoms with Crippen molar-refractivity contribution in [2.24, 2.45) is 0 Å². The molecule has 0 spiro atoms. The minimum Gasteiger partial charge on any atom is -0.462 e. The number of unbranched alkanes of at least 4 members (excludes halogenated alkanes) is 38. The molecule has 0 aliphatic carbocycles. The molecule has 0 aromatic heterocycles. The van der Waals surface area contributed by atoms with Crippen molar-refractivity contribution < 1.29 is 28.6 Å². The number of allylic oxidation sites excluding steroid dienone is 10. The molecule has 0 aromatic carbocycles. The Morgan fingerprint density at radius 2 is 0.527 bits per heavy atom. The Labute approximate surface area is 460 Å². The standard InChI is InChI=1S/C68H122O6/c1-4-7-10-13-16-19-22-25-27-29-31-33-34-35-37-38-40-43-46-49-52-55-58-61-67(70)73-64-65(63-72-66(69)60-57-54-51-48-45-42-24-21-18-15-12-9-6-3)74-68(71)62-59-56-53-50-47-44-41-39-36-32-30-28-26-23-20-17-14-11-8-5-2/h7,10,16,19,21,24-25,27,31,33,65H,4-6,8-9,11-15,17-18,20,22-23,26,28-30,32,34-64H2,1-3H3/b10-7-,19-16-,24-21-,27-25-,33-31-. The second-order valence-electron chi connectivity index (χ2n) is 21.6.